The van der Waals surface area contributed by atoms with E-state index in [4.69, 9.17) is 11.6 Å². The summed E-state index contributed by atoms with van der Waals surface area (Å²) in [7, 11) is -2.15. The summed E-state index contributed by atoms with van der Waals surface area (Å²) in [6.07, 6.45) is 0. The fraction of sp³-hybridized carbons (Fsp3) is 0.350. The summed E-state index contributed by atoms with van der Waals surface area (Å²) in [5.74, 6) is -0.830. The Labute approximate surface area is 190 Å². The van der Waals surface area contributed by atoms with Crippen LogP contribution in [0, 0.1) is 15.9 Å². The molecule has 2 aromatic carbocycles. The highest BCUT2D eigenvalue weighted by molar-refractivity contribution is 7.89. The lowest BCUT2D eigenvalue weighted by Gasteiger charge is -2.34. The normalized spacial score (nSPS) is 15.2. The molecule has 3 rings (SSSR count). The molecule has 0 aromatic heterocycles. The number of benzene rings is 2. The molecule has 1 saturated heterocycles. The first kappa shape index (κ1) is 24.1. The first-order valence-electron chi connectivity index (χ1n) is 9.73. The monoisotopic (exact) mass is 484 g/mol. The molecule has 0 radical (unpaired) electrons. The largest absolute Gasteiger partial charge is 0.339 e. The first-order valence-corrected chi connectivity index (χ1v) is 11.5. The maximum Gasteiger partial charge on any atom is 0.269 e. The Balaban J connectivity index is 1.57. The van der Waals surface area contributed by atoms with E-state index in [2.05, 4.69) is 0 Å². The van der Waals surface area contributed by atoms with Crippen LogP contribution >= 0.6 is 11.6 Å². The minimum absolute atomic E-state index is 0.0374. The number of sulfonamides is 1. The summed E-state index contributed by atoms with van der Waals surface area (Å²) >= 11 is 6.12. The Morgan fingerprint density at radius 2 is 1.88 bits per heavy atom. The van der Waals surface area contributed by atoms with Gasteiger partial charge in [-0.15, -0.1) is 0 Å². The number of hydrogen-bond donors (Lipinski definition) is 0. The van der Waals surface area contributed by atoms with Gasteiger partial charge in [0.1, 0.15) is 5.82 Å². The summed E-state index contributed by atoms with van der Waals surface area (Å²) in [6, 6.07) is 8.96. The number of likely N-dealkylation sites (N-methyl/N-ethyl adjacent to an activating group) is 1. The Morgan fingerprint density at radius 1 is 1.19 bits per heavy atom. The molecule has 12 heteroatoms. The Kier molecular flexibility index (Phi) is 7.44. The number of piperazine rings is 1. The van der Waals surface area contributed by atoms with Crippen molar-refractivity contribution in [1.29, 1.82) is 0 Å². The van der Waals surface area contributed by atoms with Crippen molar-refractivity contribution in [3.8, 4) is 0 Å². The standard InChI is InChI=1S/C20H22ClFN4O5S/c1-23(13-15-11-17(26(28)29)5-6-19(15)21)14-20(27)24-7-9-25(10-8-24)32(30,31)18-4-2-3-16(22)12-18/h2-6,11-12H,7-10,13-14H2,1H3. The zero-order valence-electron chi connectivity index (χ0n) is 17.3. The van der Waals surface area contributed by atoms with Crippen LogP contribution in [0.1, 0.15) is 5.56 Å². The van der Waals surface area contributed by atoms with Gasteiger partial charge in [-0.1, -0.05) is 17.7 Å². The number of hydrogen-bond acceptors (Lipinski definition) is 6. The highest BCUT2D eigenvalue weighted by Crippen LogP contribution is 2.23. The van der Waals surface area contributed by atoms with E-state index in [9.17, 15) is 27.7 Å². The van der Waals surface area contributed by atoms with E-state index in [0.717, 1.165) is 6.07 Å². The van der Waals surface area contributed by atoms with Crippen LogP contribution in [-0.4, -0.2) is 73.1 Å². The maximum absolute atomic E-state index is 13.4. The molecule has 0 unspecified atom stereocenters. The van der Waals surface area contributed by atoms with Crippen LogP contribution in [0.4, 0.5) is 10.1 Å². The summed E-state index contributed by atoms with van der Waals surface area (Å²) in [5.41, 5.74) is 0.446. The van der Waals surface area contributed by atoms with E-state index in [0.29, 0.717) is 10.6 Å². The Bertz CT molecular complexity index is 1120. The Hall–Kier alpha value is -2.60. The topological polar surface area (TPSA) is 104 Å². The minimum Gasteiger partial charge on any atom is -0.339 e. The molecule has 1 amide bonds. The predicted octanol–water partition coefficient (Wildman–Crippen LogP) is 2.35. The van der Waals surface area contributed by atoms with E-state index >= 15 is 0 Å². The highest BCUT2D eigenvalue weighted by Gasteiger charge is 2.30. The predicted molar refractivity (Wildman–Crippen MR) is 116 cm³/mol. The minimum atomic E-state index is -3.84. The molecule has 9 nitrogen and oxygen atoms in total. The molecule has 2 aromatic rings. The van der Waals surface area contributed by atoms with Crippen molar-refractivity contribution in [1.82, 2.24) is 14.1 Å². The molecular formula is C20H22ClFN4O5S. The van der Waals surface area contributed by atoms with Crippen molar-refractivity contribution < 1.29 is 22.5 Å². The summed E-state index contributed by atoms with van der Waals surface area (Å²) in [4.78, 5) is 26.2. The number of rotatable bonds is 7. The van der Waals surface area contributed by atoms with Crippen molar-refractivity contribution >= 4 is 33.2 Å². The van der Waals surface area contributed by atoms with E-state index in [1.165, 1.54) is 40.7 Å². The van der Waals surface area contributed by atoms with E-state index in [1.54, 1.807) is 16.8 Å². The third-order valence-corrected chi connectivity index (χ3v) is 7.37. The number of nitro benzene ring substituents is 1. The molecule has 1 aliphatic heterocycles. The van der Waals surface area contributed by atoms with Gasteiger partial charge in [-0.05, 0) is 36.9 Å². The van der Waals surface area contributed by atoms with Crippen molar-refractivity contribution in [2.75, 3.05) is 39.8 Å². The molecule has 0 aliphatic carbocycles. The van der Waals surface area contributed by atoms with Gasteiger partial charge in [0.2, 0.25) is 15.9 Å². The first-order chi connectivity index (χ1) is 15.1. The van der Waals surface area contributed by atoms with E-state index in [1.807, 2.05) is 0 Å². The fourth-order valence-corrected chi connectivity index (χ4v) is 5.06. The molecule has 0 spiro atoms. The van der Waals surface area contributed by atoms with Gasteiger partial charge in [-0.2, -0.15) is 4.31 Å². The number of amides is 1. The second kappa shape index (κ2) is 9.90. The lowest BCUT2D eigenvalue weighted by atomic mass is 10.2. The smallest absolute Gasteiger partial charge is 0.269 e. The molecule has 0 saturated carbocycles. The zero-order chi connectivity index (χ0) is 23.5. The summed E-state index contributed by atoms with van der Waals surface area (Å²) < 4.78 is 40.0. The Morgan fingerprint density at radius 3 is 2.50 bits per heavy atom. The van der Waals surface area contributed by atoms with Gasteiger partial charge in [0.05, 0.1) is 16.4 Å². The third-order valence-electron chi connectivity index (χ3n) is 5.11. The number of nitrogens with zero attached hydrogens (tertiary/aromatic N) is 4. The SMILES string of the molecule is CN(CC(=O)N1CCN(S(=O)(=O)c2cccc(F)c2)CC1)Cc1cc([N+](=O)[O-])ccc1Cl. The summed E-state index contributed by atoms with van der Waals surface area (Å²) in [5, 5.41) is 11.3. The quantitative estimate of drug-likeness (QED) is 0.441. The van der Waals surface area contributed by atoms with Gasteiger partial charge in [-0.3, -0.25) is 19.8 Å². The van der Waals surface area contributed by atoms with Crippen molar-refractivity contribution in [2.24, 2.45) is 0 Å². The number of carbonyl (C=O) groups excluding carboxylic acids is 1. The van der Waals surface area contributed by atoms with Crippen LogP contribution in [-0.2, 0) is 21.4 Å². The third kappa shape index (κ3) is 5.60. The van der Waals surface area contributed by atoms with Crippen molar-refractivity contribution in [3.05, 3.63) is 69.0 Å². The van der Waals surface area contributed by atoms with Crippen LogP contribution in [0.5, 0.6) is 0 Å². The molecule has 0 atom stereocenters. The molecule has 1 heterocycles. The number of halogens is 2. The van der Waals surface area contributed by atoms with Gasteiger partial charge in [0, 0.05) is 49.9 Å². The fourth-order valence-electron chi connectivity index (χ4n) is 3.43. The lowest BCUT2D eigenvalue weighted by molar-refractivity contribution is -0.384. The molecule has 1 fully saturated rings. The van der Waals surface area contributed by atoms with Crippen molar-refractivity contribution in [2.45, 2.75) is 11.4 Å². The number of non-ortho nitro benzene ring substituents is 1. The maximum atomic E-state index is 13.4. The summed E-state index contributed by atoms with van der Waals surface area (Å²) in [6.45, 7) is 0.892. The molecule has 1 aliphatic rings. The molecule has 0 bridgehead atoms. The average molecular weight is 485 g/mol. The zero-order valence-corrected chi connectivity index (χ0v) is 18.9. The average Bonchev–Trinajstić information content (AvgIpc) is 2.75. The van der Waals surface area contributed by atoms with Gasteiger partial charge in [0.25, 0.3) is 5.69 Å². The lowest BCUT2D eigenvalue weighted by Crippen LogP contribution is -2.52. The highest BCUT2D eigenvalue weighted by atomic mass is 35.5. The second-order valence-corrected chi connectivity index (χ2v) is 9.79. The molecule has 32 heavy (non-hydrogen) atoms. The number of carbonyl (C=O) groups is 1. The van der Waals surface area contributed by atoms with Gasteiger partial charge in [0.15, 0.2) is 0 Å². The van der Waals surface area contributed by atoms with Gasteiger partial charge >= 0.3 is 0 Å². The molecule has 172 valence electrons. The van der Waals surface area contributed by atoms with E-state index < -0.39 is 20.8 Å². The van der Waals surface area contributed by atoms with Gasteiger partial charge in [-0.25, -0.2) is 12.8 Å². The van der Waals surface area contributed by atoms with Crippen LogP contribution in [0.2, 0.25) is 5.02 Å². The van der Waals surface area contributed by atoms with Crippen LogP contribution in [0.25, 0.3) is 0 Å². The van der Waals surface area contributed by atoms with E-state index in [-0.39, 0.29) is 55.8 Å². The van der Waals surface area contributed by atoms with Crippen LogP contribution in [0.3, 0.4) is 0 Å². The molecular weight excluding hydrogens is 463 g/mol. The number of nitro groups is 1. The van der Waals surface area contributed by atoms with Gasteiger partial charge < -0.3 is 4.90 Å². The molecule has 0 N–H and O–H groups in total. The second-order valence-electron chi connectivity index (χ2n) is 7.45. The van der Waals surface area contributed by atoms with Crippen LogP contribution in [0.15, 0.2) is 47.4 Å². The van der Waals surface area contributed by atoms with Crippen LogP contribution < -0.4 is 0 Å². The van der Waals surface area contributed by atoms with Crippen molar-refractivity contribution in [3.63, 3.8) is 0 Å².